The van der Waals surface area contributed by atoms with Crippen molar-refractivity contribution in [2.24, 2.45) is 0 Å². The average Bonchev–Trinajstić information content (AvgIpc) is 2.56. The van der Waals surface area contributed by atoms with E-state index in [1.807, 2.05) is 19.4 Å². The summed E-state index contributed by atoms with van der Waals surface area (Å²) in [5.74, 6) is 3.52. The normalized spacial score (nSPS) is 12.2. The van der Waals surface area contributed by atoms with Crippen LogP contribution in [0.4, 0.5) is 0 Å². The van der Waals surface area contributed by atoms with Gasteiger partial charge in [0.25, 0.3) is 0 Å². The standard InChI is InChI=1S/C20H28ClN3SSi/c1-12(2)26(13(3)4,14(5)6)10-9-16-15(7)18(21)23-19-17(16)11-22-20(24-19)25-8/h11-14H,1-8H3. The molecule has 6 heteroatoms. The summed E-state index contributed by atoms with van der Waals surface area (Å²) in [6.45, 7) is 15.9. The lowest BCUT2D eigenvalue weighted by molar-refractivity contribution is 0.838. The van der Waals surface area contributed by atoms with Crippen LogP contribution in [0.5, 0.6) is 0 Å². The summed E-state index contributed by atoms with van der Waals surface area (Å²) >= 11 is 7.89. The second-order valence-electron chi connectivity index (χ2n) is 7.64. The van der Waals surface area contributed by atoms with Gasteiger partial charge in [-0.25, -0.2) is 15.0 Å². The molecule has 0 unspecified atom stereocenters. The van der Waals surface area contributed by atoms with E-state index in [1.165, 1.54) is 11.8 Å². The Morgan fingerprint density at radius 2 is 1.62 bits per heavy atom. The van der Waals surface area contributed by atoms with E-state index in [-0.39, 0.29) is 0 Å². The van der Waals surface area contributed by atoms with Crippen LogP contribution in [0, 0.1) is 18.4 Å². The van der Waals surface area contributed by atoms with Gasteiger partial charge < -0.3 is 0 Å². The van der Waals surface area contributed by atoms with E-state index in [4.69, 9.17) is 11.6 Å². The Kier molecular flexibility index (Phi) is 6.76. The number of rotatable bonds is 4. The lowest BCUT2D eigenvalue weighted by atomic mass is 10.1. The fraction of sp³-hybridized carbons (Fsp3) is 0.550. The molecule has 0 spiro atoms. The lowest BCUT2D eigenvalue weighted by Crippen LogP contribution is -2.43. The number of nitrogens with zero attached hydrogens (tertiary/aromatic N) is 3. The van der Waals surface area contributed by atoms with Crippen molar-refractivity contribution in [3.05, 3.63) is 22.5 Å². The third-order valence-electron chi connectivity index (χ3n) is 5.36. The van der Waals surface area contributed by atoms with Gasteiger partial charge in [0.05, 0.1) is 5.39 Å². The molecule has 0 aliphatic heterocycles. The Bertz CT molecular complexity index is 847. The van der Waals surface area contributed by atoms with Crippen molar-refractivity contribution in [2.45, 2.75) is 70.2 Å². The van der Waals surface area contributed by atoms with Gasteiger partial charge in [-0.15, -0.1) is 5.54 Å². The first-order valence-electron chi connectivity index (χ1n) is 9.05. The van der Waals surface area contributed by atoms with Crippen LogP contribution in [-0.2, 0) is 0 Å². The quantitative estimate of drug-likeness (QED) is 0.197. The molecular formula is C20H28ClN3SSi. The monoisotopic (exact) mass is 405 g/mol. The van der Waals surface area contributed by atoms with Gasteiger partial charge >= 0.3 is 0 Å². The number of thioether (sulfide) groups is 1. The van der Waals surface area contributed by atoms with Crippen LogP contribution in [0.1, 0.15) is 52.7 Å². The minimum Gasteiger partial charge on any atom is -0.230 e. The Morgan fingerprint density at radius 3 is 2.12 bits per heavy atom. The maximum absolute atomic E-state index is 6.39. The van der Waals surface area contributed by atoms with Crippen LogP contribution in [-0.4, -0.2) is 29.3 Å². The molecule has 0 saturated carbocycles. The van der Waals surface area contributed by atoms with Crippen LogP contribution in [0.3, 0.4) is 0 Å². The van der Waals surface area contributed by atoms with Crippen molar-refractivity contribution >= 4 is 42.5 Å². The van der Waals surface area contributed by atoms with Gasteiger partial charge in [-0.05, 0) is 29.8 Å². The first-order valence-corrected chi connectivity index (χ1v) is 12.9. The van der Waals surface area contributed by atoms with Crippen molar-refractivity contribution in [1.82, 2.24) is 15.0 Å². The Balaban J connectivity index is 2.75. The van der Waals surface area contributed by atoms with Crippen LogP contribution in [0.2, 0.25) is 21.8 Å². The van der Waals surface area contributed by atoms with Crippen molar-refractivity contribution < 1.29 is 0 Å². The maximum atomic E-state index is 6.39. The molecule has 3 nitrogen and oxygen atoms in total. The van der Waals surface area contributed by atoms with Gasteiger partial charge in [0.2, 0.25) is 0 Å². The number of hydrogen-bond acceptors (Lipinski definition) is 4. The van der Waals surface area contributed by atoms with E-state index in [2.05, 4.69) is 68.0 Å². The van der Waals surface area contributed by atoms with E-state index in [0.29, 0.717) is 32.6 Å². The highest BCUT2D eigenvalue weighted by Gasteiger charge is 2.41. The molecule has 0 aliphatic rings. The third-order valence-corrected chi connectivity index (χ3v) is 12.6. The van der Waals surface area contributed by atoms with Crippen LogP contribution >= 0.6 is 23.4 Å². The summed E-state index contributed by atoms with van der Waals surface area (Å²) in [5.41, 5.74) is 7.98. The fourth-order valence-electron chi connectivity index (χ4n) is 3.96. The summed E-state index contributed by atoms with van der Waals surface area (Å²) in [6, 6.07) is 0. The first kappa shape index (κ1) is 21.2. The van der Waals surface area contributed by atoms with Crippen LogP contribution < -0.4 is 0 Å². The molecule has 0 amide bonds. The second kappa shape index (κ2) is 8.29. The average molecular weight is 406 g/mol. The molecule has 0 saturated heterocycles. The minimum atomic E-state index is -1.83. The van der Waals surface area contributed by atoms with Crippen molar-refractivity contribution in [1.29, 1.82) is 0 Å². The number of fused-ring (bicyclic) bond motifs is 1. The highest BCUT2D eigenvalue weighted by molar-refractivity contribution is 7.98. The summed E-state index contributed by atoms with van der Waals surface area (Å²) in [4.78, 5) is 13.4. The molecule has 0 fully saturated rings. The maximum Gasteiger partial charge on any atom is 0.189 e. The number of aromatic nitrogens is 3. The molecule has 2 heterocycles. The smallest absolute Gasteiger partial charge is 0.189 e. The van der Waals surface area contributed by atoms with Crippen molar-refractivity contribution in [3.63, 3.8) is 0 Å². The number of halogens is 1. The van der Waals surface area contributed by atoms with Gasteiger partial charge in [0.15, 0.2) is 10.8 Å². The van der Waals surface area contributed by atoms with E-state index in [1.54, 1.807) is 0 Å². The second-order valence-corrected chi connectivity index (χ2v) is 14.4. The molecule has 0 radical (unpaired) electrons. The van der Waals surface area contributed by atoms with Crippen molar-refractivity contribution in [2.75, 3.05) is 6.26 Å². The van der Waals surface area contributed by atoms with Gasteiger partial charge in [-0.1, -0.05) is 70.8 Å². The zero-order valence-corrected chi connectivity index (χ0v) is 19.5. The van der Waals surface area contributed by atoms with Gasteiger partial charge in [0, 0.05) is 17.3 Å². The predicted octanol–water partition coefficient (Wildman–Crippen LogP) is 6.28. The summed E-state index contributed by atoms with van der Waals surface area (Å²) in [5, 5.41) is 2.05. The number of hydrogen-bond donors (Lipinski definition) is 0. The molecule has 0 aromatic carbocycles. The van der Waals surface area contributed by atoms with Gasteiger partial charge in [0.1, 0.15) is 13.2 Å². The summed E-state index contributed by atoms with van der Waals surface area (Å²) in [7, 11) is -1.83. The summed E-state index contributed by atoms with van der Waals surface area (Å²) < 4.78 is 0. The van der Waals surface area contributed by atoms with Gasteiger partial charge in [-0.2, -0.15) is 0 Å². The van der Waals surface area contributed by atoms with Gasteiger partial charge in [-0.3, -0.25) is 0 Å². The molecule has 2 rings (SSSR count). The highest BCUT2D eigenvalue weighted by Crippen LogP contribution is 2.41. The fourth-order valence-corrected chi connectivity index (χ4v) is 9.68. The van der Waals surface area contributed by atoms with E-state index >= 15 is 0 Å². The molecule has 0 bridgehead atoms. The Hall–Kier alpha value is -1.09. The third kappa shape index (κ3) is 3.78. The summed E-state index contributed by atoms with van der Waals surface area (Å²) in [6.07, 6.45) is 3.78. The lowest BCUT2D eigenvalue weighted by Gasteiger charge is -2.38. The molecule has 2 aromatic heterocycles. The Morgan fingerprint density at radius 1 is 1.04 bits per heavy atom. The van der Waals surface area contributed by atoms with E-state index in [9.17, 15) is 0 Å². The highest BCUT2D eigenvalue weighted by atomic mass is 35.5. The zero-order chi connectivity index (χ0) is 19.6. The molecule has 0 N–H and O–H groups in total. The molecule has 2 aromatic rings. The largest absolute Gasteiger partial charge is 0.230 e. The molecule has 0 atom stereocenters. The SMILES string of the molecule is CSc1ncc2c(C#C[Si](C(C)C)(C(C)C)C(C)C)c(C)c(Cl)nc2n1. The zero-order valence-electron chi connectivity index (χ0n) is 16.9. The topological polar surface area (TPSA) is 38.7 Å². The molecule has 140 valence electrons. The molecule has 26 heavy (non-hydrogen) atoms. The Labute approximate surface area is 167 Å². The van der Waals surface area contributed by atoms with E-state index < -0.39 is 8.07 Å². The predicted molar refractivity (Wildman–Crippen MR) is 117 cm³/mol. The first-order chi connectivity index (χ1) is 12.1. The molecular weight excluding hydrogens is 378 g/mol. The number of pyridine rings is 1. The van der Waals surface area contributed by atoms with Crippen LogP contribution in [0.15, 0.2) is 11.4 Å². The van der Waals surface area contributed by atoms with Crippen LogP contribution in [0.25, 0.3) is 11.0 Å². The minimum absolute atomic E-state index is 0.471. The van der Waals surface area contributed by atoms with Crippen molar-refractivity contribution in [3.8, 4) is 11.5 Å². The molecule has 0 aliphatic carbocycles. The van der Waals surface area contributed by atoms with E-state index in [0.717, 1.165) is 16.5 Å².